The van der Waals surface area contributed by atoms with Gasteiger partial charge in [0.05, 0.1) is 11.1 Å². The van der Waals surface area contributed by atoms with Crippen molar-refractivity contribution >= 4 is 18.1 Å². The first-order valence-electron chi connectivity index (χ1n) is 10.5. The number of aryl methyl sites for hydroxylation is 1. The van der Waals surface area contributed by atoms with Crippen LogP contribution in [0.4, 0.5) is 9.59 Å². The molecule has 5 rings (SSSR count). The van der Waals surface area contributed by atoms with Crippen LogP contribution in [0.3, 0.4) is 0 Å². The standard InChI is InChI=1S/C24H22O7/c1-5-13-7-10-17-19(15(13)6-2)20(25)23-16-9-8-14(12(3)4)11-18(16)29-24(17,23)31-22(27)28-21(26)30-23/h7-12H,5-6H2,1-4H3. The van der Waals surface area contributed by atoms with Crippen LogP contribution in [0, 0.1) is 0 Å². The number of carbonyl (C=O) groups is 3. The molecule has 2 aromatic carbocycles. The van der Waals surface area contributed by atoms with E-state index in [1.54, 1.807) is 18.2 Å². The molecule has 7 nitrogen and oxygen atoms in total. The molecule has 2 atom stereocenters. The Hall–Kier alpha value is -3.35. The third-order valence-corrected chi connectivity index (χ3v) is 6.44. The van der Waals surface area contributed by atoms with Crippen molar-refractivity contribution in [2.24, 2.45) is 0 Å². The SMILES string of the molecule is CCc1ccc2c(c1CC)C(=O)C13OC(=O)OC(=O)OC21Oc1cc(C(C)C)ccc13. The van der Waals surface area contributed by atoms with Crippen molar-refractivity contribution in [1.29, 1.82) is 0 Å². The Bertz CT molecular complexity index is 1160. The van der Waals surface area contributed by atoms with Crippen molar-refractivity contribution in [2.45, 2.75) is 57.8 Å². The number of cyclic esters (lactones) is 2. The van der Waals surface area contributed by atoms with Crippen LogP contribution in [0.25, 0.3) is 0 Å². The first-order valence-corrected chi connectivity index (χ1v) is 10.5. The highest BCUT2D eigenvalue weighted by Gasteiger charge is 2.78. The van der Waals surface area contributed by atoms with E-state index in [4.69, 9.17) is 14.2 Å². The van der Waals surface area contributed by atoms with Gasteiger partial charge in [-0.05, 0) is 41.5 Å². The second kappa shape index (κ2) is 6.33. The second-order valence-electron chi connectivity index (χ2n) is 8.28. The maximum Gasteiger partial charge on any atom is 0.522 e. The lowest BCUT2D eigenvalue weighted by atomic mass is 9.85. The Kier molecular flexibility index (Phi) is 4.00. The van der Waals surface area contributed by atoms with Crippen LogP contribution in [0.15, 0.2) is 30.3 Å². The Labute approximate surface area is 179 Å². The molecule has 2 heterocycles. The van der Waals surface area contributed by atoms with Gasteiger partial charge in [-0.1, -0.05) is 52.0 Å². The molecule has 0 radical (unpaired) electrons. The normalized spacial score (nSPS) is 25.5. The highest BCUT2D eigenvalue weighted by molar-refractivity contribution is 6.12. The van der Waals surface area contributed by atoms with Gasteiger partial charge in [0.15, 0.2) is 0 Å². The van der Waals surface area contributed by atoms with E-state index in [0.29, 0.717) is 28.9 Å². The first-order chi connectivity index (χ1) is 14.8. The molecular formula is C24H22O7. The average molecular weight is 422 g/mol. The Balaban J connectivity index is 1.86. The van der Waals surface area contributed by atoms with E-state index in [1.807, 2.05) is 39.8 Å². The van der Waals surface area contributed by atoms with Crippen molar-refractivity contribution in [2.75, 3.05) is 0 Å². The fraction of sp³-hybridized carbons (Fsp3) is 0.375. The second-order valence-corrected chi connectivity index (χ2v) is 8.28. The Morgan fingerprint density at radius 1 is 0.871 bits per heavy atom. The molecule has 0 aromatic heterocycles. The monoisotopic (exact) mass is 422 g/mol. The highest BCUT2D eigenvalue weighted by atomic mass is 16.9. The lowest BCUT2D eigenvalue weighted by molar-refractivity contribution is -0.214. The van der Waals surface area contributed by atoms with Crippen molar-refractivity contribution in [3.63, 3.8) is 0 Å². The smallest absolute Gasteiger partial charge is 0.444 e. The summed E-state index contributed by atoms with van der Waals surface area (Å²) in [4.78, 5) is 38.8. The predicted molar refractivity (Wildman–Crippen MR) is 108 cm³/mol. The maximum absolute atomic E-state index is 14.1. The van der Waals surface area contributed by atoms with Gasteiger partial charge in [0, 0.05) is 5.56 Å². The van der Waals surface area contributed by atoms with E-state index in [-0.39, 0.29) is 5.92 Å². The van der Waals surface area contributed by atoms with Crippen molar-refractivity contribution in [1.82, 2.24) is 0 Å². The van der Waals surface area contributed by atoms with E-state index in [2.05, 4.69) is 4.74 Å². The number of Topliss-reactive ketones (excluding diaryl/α,β-unsaturated/α-hetero) is 1. The molecule has 2 aromatic rings. The molecule has 1 aliphatic carbocycles. The van der Waals surface area contributed by atoms with Crippen LogP contribution in [-0.2, 0) is 38.4 Å². The summed E-state index contributed by atoms with van der Waals surface area (Å²) in [5.41, 5.74) is 1.88. The summed E-state index contributed by atoms with van der Waals surface area (Å²) in [6, 6.07) is 8.96. The van der Waals surface area contributed by atoms with Gasteiger partial charge < -0.3 is 18.9 Å². The largest absolute Gasteiger partial charge is 0.522 e. The van der Waals surface area contributed by atoms with E-state index >= 15 is 0 Å². The fourth-order valence-corrected chi connectivity index (χ4v) is 5.00. The summed E-state index contributed by atoms with van der Waals surface area (Å²) >= 11 is 0. The molecule has 1 fully saturated rings. The molecule has 0 N–H and O–H groups in total. The lowest BCUT2D eigenvalue weighted by Gasteiger charge is -2.32. The number of carbonyl (C=O) groups excluding carboxylic acids is 3. The zero-order chi connectivity index (χ0) is 22.1. The summed E-state index contributed by atoms with van der Waals surface area (Å²) in [6.45, 7) is 8.01. The maximum atomic E-state index is 14.1. The van der Waals surface area contributed by atoms with Gasteiger partial charge in [-0.3, -0.25) is 4.79 Å². The van der Waals surface area contributed by atoms with Crippen LogP contribution >= 0.6 is 0 Å². The minimum atomic E-state index is -2.00. The molecule has 0 saturated carbocycles. The molecule has 0 spiro atoms. The predicted octanol–water partition coefficient (Wildman–Crippen LogP) is 4.88. The third-order valence-electron chi connectivity index (χ3n) is 6.44. The number of ketones is 1. The highest BCUT2D eigenvalue weighted by Crippen LogP contribution is 2.63. The summed E-state index contributed by atoms with van der Waals surface area (Å²) in [6.07, 6.45) is -1.27. The van der Waals surface area contributed by atoms with E-state index < -0.39 is 29.5 Å². The van der Waals surface area contributed by atoms with E-state index in [9.17, 15) is 14.4 Å². The molecule has 2 aliphatic heterocycles. The zero-order valence-corrected chi connectivity index (χ0v) is 17.7. The molecule has 3 aliphatic rings. The van der Waals surface area contributed by atoms with Crippen LogP contribution in [0.5, 0.6) is 5.75 Å². The van der Waals surface area contributed by atoms with E-state index in [1.165, 1.54) is 0 Å². The number of rotatable bonds is 3. The minimum absolute atomic E-state index is 0.198. The zero-order valence-electron chi connectivity index (χ0n) is 17.7. The first kappa shape index (κ1) is 19.6. The molecular weight excluding hydrogens is 400 g/mol. The number of benzene rings is 2. The third kappa shape index (κ3) is 2.26. The molecule has 0 bridgehead atoms. The van der Waals surface area contributed by atoms with Crippen LogP contribution in [0.2, 0.25) is 0 Å². The van der Waals surface area contributed by atoms with Gasteiger partial charge in [0.2, 0.25) is 5.78 Å². The molecule has 7 heteroatoms. The van der Waals surface area contributed by atoms with Gasteiger partial charge in [0.25, 0.3) is 5.60 Å². The van der Waals surface area contributed by atoms with Crippen LogP contribution < -0.4 is 4.74 Å². The van der Waals surface area contributed by atoms with Gasteiger partial charge in [-0.25, -0.2) is 9.59 Å². The summed E-state index contributed by atoms with van der Waals surface area (Å²) < 4.78 is 22.0. The van der Waals surface area contributed by atoms with E-state index in [0.717, 1.165) is 23.1 Å². The molecule has 31 heavy (non-hydrogen) atoms. The van der Waals surface area contributed by atoms with Crippen molar-refractivity contribution in [3.05, 3.63) is 63.7 Å². The number of hydrogen-bond donors (Lipinski definition) is 0. The average Bonchev–Trinajstić information content (AvgIpc) is 3.05. The van der Waals surface area contributed by atoms with Crippen molar-refractivity contribution in [3.8, 4) is 5.75 Å². The molecule has 0 amide bonds. The van der Waals surface area contributed by atoms with Gasteiger partial charge in [-0.2, -0.15) is 0 Å². The number of fused-ring (bicyclic) bond motifs is 2. The van der Waals surface area contributed by atoms with Gasteiger partial charge in [-0.15, -0.1) is 0 Å². The number of hydrogen-bond acceptors (Lipinski definition) is 7. The Morgan fingerprint density at radius 2 is 1.58 bits per heavy atom. The van der Waals surface area contributed by atoms with Gasteiger partial charge in [0.1, 0.15) is 5.75 Å². The van der Waals surface area contributed by atoms with Gasteiger partial charge >= 0.3 is 18.1 Å². The summed E-state index contributed by atoms with van der Waals surface area (Å²) in [5, 5.41) is 0. The quantitative estimate of drug-likeness (QED) is 0.515. The molecule has 2 unspecified atom stereocenters. The Morgan fingerprint density at radius 3 is 2.26 bits per heavy atom. The van der Waals surface area contributed by atoms with Crippen LogP contribution in [-0.4, -0.2) is 18.1 Å². The minimum Gasteiger partial charge on any atom is -0.444 e. The van der Waals surface area contributed by atoms with Crippen LogP contribution in [0.1, 0.15) is 71.8 Å². The summed E-state index contributed by atoms with van der Waals surface area (Å²) in [5.74, 6) is -1.91. The molecule has 160 valence electrons. The summed E-state index contributed by atoms with van der Waals surface area (Å²) in [7, 11) is 0. The fourth-order valence-electron chi connectivity index (χ4n) is 5.00. The van der Waals surface area contributed by atoms with Crippen molar-refractivity contribution < 1.29 is 33.3 Å². The topological polar surface area (TPSA) is 88.1 Å². The lowest BCUT2D eigenvalue weighted by Crippen LogP contribution is -2.52. The molecule has 1 saturated heterocycles. The number of ether oxygens (including phenoxy) is 4.